The quantitative estimate of drug-likeness (QED) is 0.919. The molecule has 0 spiro atoms. The molecule has 0 amide bonds. The van der Waals surface area contributed by atoms with Crippen molar-refractivity contribution >= 4 is 5.70 Å². The lowest BCUT2D eigenvalue weighted by molar-refractivity contribution is 0.311. The van der Waals surface area contributed by atoms with Gasteiger partial charge in [0.2, 0.25) is 0 Å². The van der Waals surface area contributed by atoms with Gasteiger partial charge in [0, 0.05) is 30.2 Å². The van der Waals surface area contributed by atoms with E-state index in [0.29, 0.717) is 0 Å². The van der Waals surface area contributed by atoms with Crippen LogP contribution < -0.4 is 5.73 Å². The highest BCUT2D eigenvalue weighted by atomic mass is 15.1. The van der Waals surface area contributed by atoms with Crippen molar-refractivity contribution in [1.29, 1.82) is 0 Å². The molecule has 3 nitrogen and oxygen atoms in total. The highest BCUT2D eigenvalue weighted by Gasteiger charge is 2.24. The summed E-state index contributed by atoms with van der Waals surface area (Å²) in [6.07, 6.45) is 6.85. The fourth-order valence-corrected chi connectivity index (χ4v) is 2.95. The number of hydrogen-bond acceptors (Lipinski definition) is 3. The number of aryl methyl sites for hydroxylation is 1. The van der Waals surface area contributed by atoms with Gasteiger partial charge in [-0.1, -0.05) is 31.2 Å². The monoisotopic (exact) mass is 279 g/mol. The first-order chi connectivity index (χ1) is 10.2. The van der Waals surface area contributed by atoms with Crippen molar-refractivity contribution in [2.75, 3.05) is 13.6 Å². The van der Waals surface area contributed by atoms with Gasteiger partial charge in [-0.2, -0.15) is 0 Å². The van der Waals surface area contributed by atoms with Gasteiger partial charge in [-0.25, -0.2) is 0 Å². The minimum atomic E-state index is 0.214. The van der Waals surface area contributed by atoms with Crippen LogP contribution in [-0.2, 0) is 6.42 Å². The summed E-state index contributed by atoms with van der Waals surface area (Å²) in [5.41, 5.74) is 11.9. The zero-order chi connectivity index (χ0) is 14.8. The third-order valence-electron chi connectivity index (χ3n) is 4.20. The maximum atomic E-state index is 6.19. The number of aromatic nitrogens is 1. The maximum Gasteiger partial charge on any atom is 0.0609 e. The Hall–Kier alpha value is -2.13. The Labute approximate surface area is 126 Å². The van der Waals surface area contributed by atoms with Gasteiger partial charge in [-0.05, 0) is 42.3 Å². The Kier molecular flexibility index (Phi) is 3.76. The molecule has 0 radical (unpaired) electrons. The van der Waals surface area contributed by atoms with Crippen molar-refractivity contribution in [2.24, 2.45) is 5.73 Å². The second-order valence-corrected chi connectivity index (χ2v) is 5.56. The largest absolute Gasteiger partial charge is 0.398 e. The average Bonchev–Trinajstić information content (AvgIpc) is 2.65. The molecule has 0 aliphatic carbocycles. The van der Waals surface area contributed by atoms with E-state index >= 15 is 0 Å². The molecule has 0 fully saturated rings. The van der Waals surface area contributed by atoms with E-state index in [1.54, 1.807) is 0 Å². The number of likely N-dealkylation sites (N-methyl/N-ethyl adjacent to an activating group) is 1. The molecule has 0 saturated carbocycles. The van der Waals surface area contributed by atoms with Gasteiger partial charge in [-0.3, -0.25) is 9.88 Å². The molecule has 21 heavy (non-hydrogen) atoms. The topological polar surface area (TPSA) is 42.1 Å². The Bertz CT molecular complexity index is 658. The predicted octanol–water partition coefficient (Wildman–Crippen LogP) is 2.98. The molecule has 0 saturated heterocycles. The molecule has 1 aliphatic rings. The van der Waals surface area contributed by atoms with Crippen LogP contribution in [0.5, 0.6) is 0 Å². The number of rotatable bonds is 2. The Morgan fingerprint density at radius 2 is 2.00 bits per heavy atom. The van der Waals surface area contributed by atoms with Crippen LogP contribution >= 0.6 is 0 Å². The lowest BCUT2D eigenvalue weighted by atomic mass is 9.94. The second kappa shape index (κ2) is 5.70. The summed E-state index contributed by atoms with van der Waals surface area (Å²) in [7, 11) is 2.14. The van der Waals surface area contributed by atoms with Crippen LogP contribution in [0.4, 0.5) is 0 Å². The summed E-state index contributed by atoms with van der Waals surface area (Å²) in [5, 5.41) is 0. The molecule has 2 aromatic rings. The number of nitrogens with zero attached hydrogens (tertiary/aromatic N) is 2. The number of pyridine rings is 1. The third-order valence-corrected chi connectivity index (χ3v) is 4.20. The van der Waals surface area contributed by atoms with Gasteiger partial charge in [0.25, 0.3) is 0 Å². The van der Waals surface area contributed by atoms with Gasteiger partial charge in [0.1, 0.15) is 0 Å². The lowest BCUT2D eigenvalue weighted by Gasteiger charge is -2.27. The molecule has 108 valence electrons. The van der Waals surface area contributed by atoms with E-state index in [1.807, 2.05) is 12.4 Å². The number of fused-ring (bicyclic) bond motifs is 1. The lowest BCUT2D eigenvalue weighted by Crippen LogP contribution is -2.25. The summed E-state index contributed by atoms with van der Waals surface area (Å²) < 4.78 is 0. The van der Waals surface area contributed by atoms with Crippen molar-refractivity contribution in [3.05, 3.63) is 71.1 Å². The highest BCUT2D eigenvalue weighted by Crippen LogP contribution is 2.33. The summed E-state index contributed by atoms with van der Waals surface area (Å²) in [5.74, 6) is 0. The van der Waals surface area contributed by atoms with Gasteiger partial charge < -0.3 is 5.73 Å². The fourth-order valence-electron chi connectivity index (χ4n) is 2.95. The molecule has 1 atom stereocenters. The molecule has 2 heterocycles. The van der Waals surface area contributed by atoms with Gasteiger partial charge in [0.05, 0.1) is 6.04 Å². The van der Waals surface area contributed by atoms with Crippen molar-refractivity contribution in [2.45, 2.75) is 19.4 Å². The third kappa shape index (κ3) is 2.57. The summed E-state index contributed by atoms with van der Waals surface area (Å²) in [4.78, 5) is 6.55. The molecule has 3 heteroatoms. The Morgan fingerprint density at radius 1 is 1.24 bits per heavy atom. The molecule has 1 aromatic heterocycles. The van der Waals surface area contributed by atoms with E-state index in [9.17, 15) is 0 Å². The van der Waals surface area contributed by atoms with Crippen molar-refractivity contribution in [3.63, 3.8) is 0 Å². The maximum absolute atomic E-state index is 6.19. The van der Waals surface area contributed by atoms with Crippen molar-refractivity contribution < 1.29 is 0 Å². The van der Waals surface area contributed by atoms with Crippen LogP contribution in [0.15, 0.2) is 48.8 Å². The van der Waals surface area contributed by atoms with Crippen LogP contribution in [0, 0.1) is 0 Å². The van der Waals surface area contributed by atoms with Crippen LogP contribution in [0.25, 0.3) is 5.70 Å². The zero-order valence-corrected chi connectivity index (χ0v) is 12.6. The Balaban J connectivity index is 2.09. The Morgan fingerprint density at radius 3 is 2.71 bits per heavy atom. The van der Waals surface area contributed by atoms with E-state index in [0.717, 1.165) is 24.2 Å². The van der Waals surface area contributed by atoms with E-state index in [4.69, 9.17) is 5.73 Å². The van der Waals surface area contributed by atoms with Crippen LogP contribution in [0.1, 0.15) is 35.2 Å². The normalized spacial score (nSPS) is 18.8. The molecule has 3 rings (SSSR count). The van der Waals surface area contributed by atoms with E-state index in [-0.39, 0.29) is 6.04 Å². The highest BCUT2D eigenvalue weighted by molar-refractivity contribution is 5.67. The van der Waals surface area contributed by atoms with Crippen molar-refractivity contribution in [1.82, 2.24) is 9.88 Å². The molecule has 1 aliphatic heterocycles. The van der Waals surface area contributed by atoms with E-state index in [2.05, 4.69) is 60.3 Å². The molecule has 2 N–H and O–H groups in total. The summed E-state index contributed by atoms with van der Waals surface area (Å²) in [6, 6.07) is 11.2. The van der Waals surface area contributed by atoms with Gasteiger partial charge in [0.15, 0.2) is 0 Å². The average molecular weight is 279 g/mol. The molecular weight excluding hydrogens is 258 g/mol. The van der Waals surface area contributed by atoms with Gasteiger partial charge in [-0.15, -0.1) is 0 Å². The second-order valence-electron chi connectivity index (χ2n) is 5.56. The smallest absolute Gasteiger partial charge is 0.0609 e. The van der Waals surface area contributed by atoms with Crippen LogP contribution in [-0.4, -0.2) is 23.5 Å². The van der Waals surface area contributed by atoms with Crippen LogP contribution in [0.3, 0.4) is 0 Å². The van der Waals surface area contributed by atoms with E-state index in [1.165, 1.54) is 16.7 Å². The minimum Gasteiger partial charge on any atom is -0.398 e. The first-order valence-corrected chi connectivity index (χ1v) is 7.39. The summed E-state index contributed by atoms with van der Waals surface area (Å²) >= 11 is 0. The SMILES string of the molecule is CCc1ccc(C2c3ccncc3C(N)=CCN2C)cc1. The minimum absolute atomic E-state index is 0.214. The van der Waals surface area contributed by atoms with Crippen molar-refractivity contribution in [3.8, 4) is 0 Å². The van der Waals surface area contributed by atoms with Crippen LogP contribution in [0.2, 0.25) is 0 Å². The first kappa shape index (κ1) is 13.8. The molecule has 0 bridgehead atoms. The standard InChI is InChI=1S/C18H21N3/c1-3-13-4-6-14(7-5-13)18-15-8-10-20-12-16(15)17(19)9-11-21(18)2/h4-10,12,18H,3,11,19H2,1-2H3. The predicted molar refractivity (Wildman–Crippen MR) is 86.7 cm³/mol. The zero-order valence-electron chi connectivity index (χ0n) is 12.6. The number of nitrogens with two attached hydrogens (primary N) is 1. The number of hydrogen-bond donors (Lipinski definition) is 1. The summed E-state index contributed by atoms with van der Waals surface area (Å²) in [6.45, 7) is 3.01. The molecule has 1 unspecified atom stereocenters. The molecular formula is C18H21N3. The fraction of sp³-hybridized carbons (Fsp3) is 0.278. The number of benzene rings is 1. The molecule has 1 aromatic carbocycles. The first-order valence-electron chi connectivity index (χ1n) is 7.39. The van der Waals surface area contributed by atoms with E-state index < -0.39 is 0 Å². The van der Waals surface area contributed by atoms with Gasteiger partial charge >= 0.3 is 0 Å².